The van der Waals surface area contributed by atoms with E-state index in [1.165, 1.54) is 15.9 Å². The molecule has 36 heavy (non-hydrogen) atoms. The molecule has 4 nitrogen and oxygen atoms in total. The predicted octanol–water partition coefficient (Wildman–Crippen LogP) is 5.41. The van der Waals surface area contributed by atoms with Crippen LogP contribution in [0.3, 0.4) is 0 Å². The van der Waals surface area contributed by atoms with Gasteiger partial charge < -0.3 is 18.6 Å². The van der Waals surface area contributed by atoms with Crippen LogP contribution in [0.1, 0.15) is 32.8 Å². The Morgan fingerprint density at radius 1 is 0.778 bits per heavy atom. The van der Waals surface area contributed by atoms with E-state index in [9.17, 15) is 0 Å². The number of rotatable bonds is 13. The van der Waals surface area contributed by atoms with Crippen molar-refractivity contribution in [1.29, 1.82) is 0 Å². The van der Waals surface area contributed by atoms with E-state index in [2.05, 4.69) is 93.6 Å². The molecule has 1 fully saturated rings. The van der Waals surface area contributed by atoms with Crippen LogP contribution < -0.4 is 10.4 Å². The van der Waals surface area contributed by atoms with Gasteiger partial charge in [0.15, 0.2) is 0 Å². The number of ether oxygens (including phenoxy) is 3. The van der Waals surface area contributed by atoms with Crippen LogP contribution in [0.4, 0.5) is 0 Å². The summed E-state index contributed by atoms with van der Waals surface area (Å²) in [4.78, 5) is 0. The quantitative estimate of drug-likeness (QED) is 0.177. The highest BCUT2D eigenvalue weighted by Crippen LogP contribution is 2.54. The molecule has 1 aliphatic rings. The van der Waals surface area contributed by atoms with Crippen LogP contribution in [0.2, 0.25) is 5.04 Å². The highest BCUT2D eigenvalue weighted by Gasteiger charge is 2.57. The van der Waals surface area contributed by atoms with Gasteiger partial charge in [0, 0.05) is 19.1 Å². The Morgan fingerprint density at radius 3 is 1.83 bits per heavy atom. The Morgan fingerprint density at radius 2 is 1.31 bits per heavy atom. The minimum atomic E-state index is -2.56. The molecule has 0 N–H and O–H groups in total. The molecule has 0 bridgehead atoms. The monoisotopic (exact) mass is 504 g/mol. The van der Waals surface area contributed by atoms with E-state index in [4.69, 9.17) is 18.6 Å². The van der Waals surface area contributed by atoms with Gasteiger partial charge in [-0.2, -0.15) is 0 Å². The fourth-order valence-corrected chi connectivity index (χ4v) is 9.93. The van der Waals surface area contributed by atoms with Gasteiger partial charge in [0.25, 0.3) is 8.32 Å². The SMILES string of the molecule is COCOC[C@]1(COCc2ccccc2)C[C@@H]1CO[Si](c1ccccc1)(c1ccccc1)C(C)(C)C. The average molecular weight is 505 g/mol. The molecule has 0 radical (unpaired) electrons. The molecule has 0 aliphatic heterocycles. The first-order chi connectivity index (χ1) is 17.4. The van der Waals surface area contributed by atoms with E-state index < -0.39 is 8.32 Å². The molecule has 2 atom stereocenters. The number of hydrogen-bond acceptors (Lipinski definition) is 4. The van der Waals surface area contributed by atoms with Crippen molar-refractivity contribution in [3.05, 3.63) is 96.6 Å². The van der Waals surface area contributed by atoms with E-state index in [1.807, 2.05) is 18.2 Å². The molecule has 0 heterocycles. The second-order valence-corrected chi connectivity index (χ2v) is 15.3. The lowest BCUT2D eigenvalue weighted by molar-refractivity contribution is -0.0656. The normalized spacial score (nSPS) is 19.8. The summed E-state index contributed by atoms with van der Waals surface area (Å²) in [6, 6.07) is 32.0. The Labute approximate surface area is 217 Å². The van der Waals surface area contributed by atoms with Gasteiger partial charge >= 0.3 is 0 Å². The standard InChI is InChI=1S/C31H40O4Si/c1-30(2,3)36(28-16-10-6-11-17-28,29-18-12-7-13-19-29)35-22-27-20-31(27,24-34-25-32-4)23-33-21-26-14-8-5-9-15-26/h5-19,27H,20-25H2,1-4H3/t27-,31-/m1/s1. The lowest BCUT2D eigenvalue weighted by Crippen LogP contribution is -2.66. The van der Waals surface area contributed by atoms with E-state index in [1.54, 1.807) is 7.11 Å². The highest BCUT2D eigenvalue weighted by atomic mass is 28.4. The third-order valence-corrected chi connectivity index (χ3v) is 12.4. The van der Waals surface area contributed by atoms with Crippen LogP contribution in [0.15, 0.2) is 91.0 Å². The van der Waals surface area contributed by atoms with E-state index in [0.29, 0.717) is 39.1 Å². The Hall–Kier alpha value is -2.28. The van der Waals surface area contributed by atoms with Gasteiger partial charge in [0.05, 0.1) is 19.8 Å². The Bertz CT molecular complexity index is 1010. The minimum absolute atomic E-state index is 0.0381. The largest absolute Gasteiger partial charge is 0.407 e. The molecule has 0 amide bonds. The van der Waals surface area contributed by atoms with Crippen molar-refractivity contribution >= 4 is 18.7 Å². The van der Waals surface area contributed by atoms with Crippen LogP contribution in [-0.4, -0.2) is 42.0 Å². The van der Waals surface area contributed by atoms with Gasteiger partial charge in [-0.25, -0.2) is 0 Å². The molecule has 0 spiro atoms. The number of methoxy groups -OCH3 is 1. The van der Waals surface area contributed by atoms with Gasteiger partial charge in [-0.05, 0) is 33.3 Å². The summed E-state index contributed by atoms with van der Waals surface area (Å²) in [5, 5.41) is 2.58. The minimum Gasteiger partial charge on any atom is -0.407 e. The average Bonchev–Trinajstić information content (AvgIpc) is 3.58. The maximum absolute atomic E-state index is 7.21. The fourth-order valence-electron chi connectivity index (χ4n) is 5.32. The summed E-state index contributed by atoms with van der Waals surface area (Å²) >= 11 is 0. The first kappa shape index (κ1) is 26.8. The summed E-state index contributed by atoms with van der Waals surface area (Å²) in [6.07, 6.45) is 1.03. The lowest BCUT2D eigenvalue weighted by Gasteiger charge is -2.43. The molecule has 0 aromatic heterocycles. The predicted molar refractivity (Wildman–Crippen MR) is 148 cm³/mol. The molecule has 192 valence electrons. The third kappa shape index (κ3) is 5.98. The lowest BCUT2D eigenvalue weighted by atomic mass is 10.1. The summed E-state index contributed by atoms with van der Waals surface area (Å²) in [6.45, 7) is 9.83. The van der Waals surface area contributed by atoms with Crippen LogP contribution in [0.5, 0.6) is 0 Å². The zero-order valence-electron chi connectivity index (χ0n) is 22.1. The van der Waals surface area contributed by atoms with Crippen molar-refractivity contribution in [3.8, 4) is 0 Å². The van der Waals surface area contributed by atoms with Gasteiger partial charge in [0.1, 0.15) is 6.79 Å². The third-order valence-electron chi connectivity index (χ3n) is 7.37. The van der Waals surface area contributed by atoms with Crippen molar-refractivity contribution < 1.29 is 18.6 Å². The van der Waals surface area contributed by atoms with Crippen LogP contribution in [0.25, 0.3) is 0 Å². The summed E-state index contributed by atoms with van der Waals surface area (Å²) in [5.41, 5.74) is 1.14. The summed E-state index contributed by atoms with van der Waals surface area (Å²) < 4.78 is 24.5. The van der Waals surface area contributed by atoms with Crippen molar-refractivity contribution in [1.82, 2.24) is 0 Å². The van der Waals surface area contributed by atoms with Gasteiger partial charge in [0.2, 0.25) is 0 Å². The first-order valence-corrected chi connectivity index (χ1v) is 14.8. The molecule has 3 aromatic rings. The number of benzene rings is 3. The van der Waals surface area contributed by atoms with Crippen LogP contribution in [0, 0.1) is 11.3 Å². The zero-order chi connectivity index (χ0) is 25.5. The second kappa shape index (κ2) is 11.8. The van der Waals surface area contributed by atoms with Crippen LogP contribution in [-0.2, 0) is 25.2 Å². The zero-order valence-corrected chi connectivity index (χ0v) is 23.1. The summed E-state index contributed by atoms with van der Waals surface area (Å²) in [7, 11) is -0.901. The van der Waals surface area contributed by atoms with Crippen molar-refractivity contribution in [2.75, 3.05) is 33.7 Å². The van der Waals surface area contributed by atoms with Crippen molar-refractivity contribution in [2.45, 2.75) is 38.8 Å². The maximum Gasteiger partial charge on any atom is 0.261 e. The van der Waals surface area contributed by atoms with E-state index in [0.717, 1.165) is 6.42 Å². The fraction of sp³-hybridized carbons (Fsp3) is 0.419. The van der Waals surface area contributed by atoms with Gasteiger partial charge in [-0.1, -0.05) is 112 Å². The first-order valence-electron chi connectivity index (χ1n) is 12.8. The molecule has 4 rings (SSSR count). The van der Waals surface area contributed by atoms with Gasteiger partial charge in [-0.15, -0.1) is 0 Å². The highest BCUT2D eigenvalue weighted by molar-refractivity contribution is 6.99. The molecular formula is C31H40O4Si. The molecule has 0 unspecified atom stereocenters. The molecule has 1 saturated carbocycles. The smallest absolute Gasteiger partial charge is 0.261 e. The molecular weight excluding hydrogens is 464 g/mol. The molecule has 3 aromatic carbocycles. The van der Waals surface area contributed by atoms with Crippen molar-refractivity contribution in [2.24, 2.45) is 11.3 Å². The molecule has 0 saturated heterocycles. The van der Waals surface area contributed by atoms with Crippen LogP contribution >= 0.6 is 0 Å². The number of hydrogen-bond donors (Lipinski definition) is 0. The Balaban J connectivity index is 1.53. The molecule has 1 aliphatic carbocycles. The summed E-state index contributed by atoms with van der Waals surface area (Å²) in [5.74, 6) is 0.381. The topological polar surface area (TPSA) is 36.9 Å². The van der Waals surface area contributed by atoms with E-state index >= 15 is 0 Å². The maximum atomic E-state index is 7.21. The van der Waals surface area contributed by atoms with Crippen molar-refractivity contribution in [3.63, 3.8) is 0 Å². The molecule has 5 heteroatoms. The van der Waals surface area contributed by atoms with Gasteiger partial charge in [-0.3, -0.25) is 0 Å². The van der Waals surface area contributed by atoms with E-state index in [-0.39, 0.29) is 10.5 Å². The Kier molecular flexibility index (Phi) is 8.81. The second-order valence-electron chi connectivity index (χ2n) is 11.0.